The zero-order chi connectivity index (χ0) is 20.4. The number of carbonyl (C=O) groups is 1. The number of aryl methyl sites for hydroxylation is 1. The van der Waals surface area contributed by atoms with Crippen LogP contribution in [0.2, 0.25) is 0 Å². The molecule has 1 amide bonds. The largest absolute Gasteiger partial charge is 0.335 e. The fourth-order valence-corrected chi connectivity index (χ4v) is 4.22. The molecule has 3 aromatic rings. The molecule has 0 saturated heterocycles. The minimum atomic E-state index is -2.79. The van der Waals surface area contributed by atoms with Gasteiger partial charge in [-0.2, -0.15) is 5.10 Å². The number of nitrogens with zero attached hydrogens (tertiary/aromatic N) is 4. The van der Waals surface area contributed by atoms with E-state index < -0.39 is 35.9 Å². The summed E-state index contributed by atoms with van der Waals surface area (Å²) in [6.45, 7) is 1.71. The highest BCUT2D eigenvalue weighted by atomic mass is 19.3. The number of H-pyrrole nitrogens is 1. The van der Waals surface area contributed by atoms with Gasteiger partial charge in [-0.25, -0.2) is 18.7 Å². The van der Waals surface area contributed by atoms with E-state index in [1.165, 1.54) is 17.1 Å². The lowest BCUT2D eigenvalue weighted by Crippen LogP contribution is -2.51. The lowest BCUT2D eigenvalue weighted by molar-refractivity contribution is -0.0667. The van der Waals surface area contributed by atoms with Gasteiger partial charge in [-0.1, -0.05) is 0 Å². The molecule has 29 heavy (non-hydrogen) atoms. The standard InChI is InChI=1S/C18H17F2N7O2/c1-9-6-11(24-13-10-7-23-26-14(10)22-8-21-13)16(29)27-12(9)15(28)25-18(27)4-2-17(19,20)3-5-18/h6-8H,2-5H2,1H3,(H,25,28)(H2,21,22,23,24,26). The van der Waals surface area contributed by atoms with E-state index in [4.69, 9.17) is 0 Å². The Morgan fingerprint density at radius 2 is 1.93 bits per heavy atom. The molecule has 1 aliphatic heterocycles. The van der Waals surface area contributed by atoms with E-state index in [0.29, 0.717) is 22.4 Å². The van der Waals surface area contributed by atoms with Crippen LogP contribution < -0.4 is 16.2 Å². The van der Waals surface area contributed by atoms with Crippen molar-refractivity contribution in [3.05, 3.63) is 40.2 Å². The monoisotopic (exact) mass is 401 g/mol. The number of carbonyl (C=O) groups excluding carboxylic acids is 1. The second-order valence-corrected chi connectivity index (χ2v) is 7.55. The van der Waals surface area contributed by atoms with E-state index in [0.717, 1.165) is 0 Å². The van der Waals surface area contributed by atoms with Gasteiger partial charge in [0.25, 0.3) is 11.5 Å². The van der Waals surface area contributed by atoms with Gasteiger partial charge < -0.3 is 10.6 Å². The van der Waals surface area contributed by atoms with Gasteiger partial charge in [0.2, 0.25) is 5.92 Å². The third kappa shape index (κ3) is 2.60. The van der Waals surface area contributed by atoms with Gasteiger partial charge in [-0.3, -0.25) is 19.3 Å². The van der Waals surface area contributed by atoms with Gasteiger partial charge in [-0.05, 0) is 31.4 Å². The average molecular weight is 401 g/mol. The van der Waals surface area contributed by atoms with Crippen molar-refractivity contribution in [3.63, 3.8) is 0 Å². The lowest BCUT2D eigenvalue weighted by atomic mass is 9.86. The molecule has 0 bridgehead atoms. The number of aromatic nitrogens is 5. The first-order valence-corrected chi connectivity index (χ1v) is 9.18. The van der Waals surface area contributed by atoms with Crippen LogP contribution >= 0.6 is 0 Å². The van der Waals surface area contributed by atoms with Crippen LogP contribution in [0.5, 0.6) is 0 Å². The molecule has 0 atom stereocenters. The molecule has 150 valence electrons. The molecule has 1 saturated carbocycles. The molecule has 11 heteroatoms. The van der Waals surface area contributed by atoms with Crippen LogP contribution in [0.25, 0.3) is 11.0 Å². The normalized spacial score (nSPS) is 19.3. The first-order valence-electron chi connectivity index (χ1n) is 9.18. The Bertz CT molecular complexity index is 1210. The molecular formula is C18H17F2N7O2. The molecule has 0 unspecified atom stereocenters. The molecule has 2 aliphatic rings. The molecule has 9 nitrogen and oxygen atoms in total. The van der Waals surface area contributed by atoms with E-state index in [9.17, 15) is 18.4 Å². The highest BCUT2D eigenvalue weighted by Gasteiger charge is 2.50. The Morgan fingerprint density at radius 3 is 2.69 bits per heavy atom. The number of anilines is 2. The summed E-state index contributed by atoms with van der Waals surface area (Å²) >= 11 is 0. The van der Waals surface area contributed by atoms with Crippen molar-refractivity contribution in [2.45, 2.75) is 44.2 Å². The molecule has 0 aromatic carbocycles. The Kier molecular flexibility index (Phi) is 3.55. The fourth-order valence-electron chi connectivity index (χ4n) is 4.22. The number of hydrogen-bond acceptors (Lipinski definition) is 6. The van der Waals surface area contributed by atoms with E-state index in [1.807, 2.05) is 0 Å². The number of aromatic amines is 1. The van der Waals surface area contributed by atoms with Crippen molar-refractivity contribution in [2.75, 3.05) is 5.32 Å². The number of nitrogens with one attached hydrogen (secondary N) is 3. The third-order valence-corrected chi connectivity index (χ3v) is 5.69. The molecule has 1 fully saturated rings. The number of pyridine rings is 1. The van der Waals surface area contributed by atoms with Gasteiger partial charge in [0.05, 0.1) is 11.6 Å². The summed E-state index contributed by atoms with van der Waals surface area (Å²) in [7, 11) is 0. The molecule has 1 spiro atoms. The van der Waals surface area contributed by atoms with Crippen molar-refractivity contribution in [3.8, 4) is 0 Å². The van der Waals surface area contributed by atoms with Crippen LogP contribution in [0.4, 0.5) is 20.3 Å². The van der Waals surface area contributed by atoms with Gasteiger partial charge in [0.1, 0.15) is 29.2 Å². The molecule has 1 aliphatic carbocycles. The van der Waals surface area contributed by atoms with Gasteiger partial charge in [0, 0.05) is 12.8 Å². The summed E-state index contributed by atoms with van der Waals surface area (Å²) in [5.74, 6) is -2.83. The number of fused-ring (bicyclic) bond motifs is 3. The molecular weight excluding hydrogens is 384 g/mol. The SMILES string of the molecule is Cc1cc(Nc2ncnc3[nH]ncc23)c(=O)n2c1C(=O)NC21CCC(F)(F)CC1. The van der Waals surface area contributed by atoms with Crippen LogP contribution in [0.1, 0.15) is 41.7 Å². The summed E-state index contributed by atoms with van der Waals surface area (Å²) < 4.78 is 28.8. The summed E-state index contributed by atoms with van der Waals surface area (Å²) in [6, 6.07) is 1.57. The Labute approximate surface area is 162 Å². The van der Waals surface area contributed by atoms with Gasteiger partial charge in [-0.15, -0.1) is 0 Å². The van der Waals surface area contributed by atoms with Crippen molar-refractivity contribution < 1.29 is 13.6 Å². The highest BCUT2D eigenvalue weighted by Crippen LogP contribution is 2.43. The van der Waals surface area contributed by atoms with Crippen molar-refractivity contribution in [1.29, 1.82) is 0 Å². The van der Waals surface area contributed by atoms with E-state index >= 15 is 0 Å². The summed E-state index contributed by atoms with van der Waals surface area (Å²) in [5, 5.41) is 13.0. The Hall–Kier alpha value is -3.37. The topological polar surface area (TPSA) is 118 Å². The molecule has 5 rings (SSSR count). The van der Waals surface area contributed by atoms with Crippen LogP contribution in [-0.2, 0) is 5.66 Å². The number of alkyl halides is 2. The zero-order valence-corrected chi connectivity index (χ0v) is 15.4. The maximum absolute atomic E-state index is 13.7. The third-order valence-electron chi connectivity index (χ3n) is 5.69. The molecule has 3 N–H and O–H groups in total. The molecule has 3 aromatic heterocycles. The number of rotatable bonds is 2. The second kappa shape index (κ2) is 5.82. The fraction of sp³-hybridized carbons (Fsp3) is 0.389. The van der Waals surface area contributed by atoms with Crippen molar-refractivity contribution in [2.24, 2.45) is 0 Å². The summed E-state index contributed by atoms with van der Waals surface area (Å²) in [4.78, 5) is 34.1. The number of hydrogen-bond donors (Lipinski definition) is 3. The van der Waals surface area contributed by atoms with Crippen molar-refractivity contribution in [1.82, 2.24) is 30.0 Å². The van der Waals surface area contributed by atoms with Crippen LogP contribution in [0.15, 0.2) is 23.4 Å². The predicted molar refractivity (Wildman–Crippen MR) is 99.3 cm³/mol. The van der Waals surface area contributed by atoms with Gasteiger partial charge >= 0.3 is 0 Å². The Morgan fingerprint density at radius 1 is 1.17 bits per heavy atom. The predicted octanol–water partition coefficient (Wildman–Crippen LogP) is 2.17. The molecule has 0 radical (unpaired) electrons. The second-order valence-electron chi connectivity index (χ2n) is 7.55. The average Bonchev–Trinajstić information content (AvgIpc) is 3.26. The first kappa shape index (κ1) is 17.7. The van der Waals surface area contributed by atoms with E-state index in [-0.39, 0.29) is 24.2 Å². The summed E-state index contributed by atoms with van der Waals surface area (Å²) in [6.07, 6.45) is 2.05. The lowest BCUT2D eigenvalue weighted by Gasteiger charge is -2.38. The quantitative estimate of drug-likeness (QED) is 0.606. The van der Waals surface area contributed by atoms with Crippen LogP contribution in [0, 0.1) is 6.92 Å². The van der Waals surface area contributed by atoms with Crippen LogP contribution in [-0.4, -0.2) is 36.6 Å². The maximum atomic E-state index is 13.7. The van der Waals surface area contributed by atoms with Gasteiger partial charge in [0.15, 0.2) is 5.65 Å². The number of amides is 1. The summed E-state index contributed by atoms with van der Waals surface area (Å²) in [5.41, 5.74) is -0.129. The maximum Gasteiger partial charge on any atom is 0.276 e. The minimum absolute atomic E-state index is 0.0129. The highest BCUT2D eigenvalue weighted by molar-refractivity contribution is 5.97. The van der Waals surface area contributed by atoms with E-state index in [2.05, 4.69) is 30.8 Å². The number of halogens is 2. The van der Waals surface area contributed by atoms with Crippen LogP contribution in [0.3, 0.4) is 0 Å². The smallest absolute Gasteiger partial charge is 0.276 e. The molecule has 4 heterocycles. The zero-order valence-electron chi connectivity index (χ0n) is 15.4. The first-order chi connectivity index (χ1) is 13.8. The minimum Gasteiger partial charge on any atom is -0.335 e. The van der Waals surface area contributed by atoms with E-state index in [1.54, 1.807) is 13.0 Å². The Balaban J connectivity index is 1.63. The van der Waals surface area contributed by atoms with Crippen molar-refractivity contribution >= 4 is 28.4 Å².